The Morgan fingerprint density at radius 2 is 2.25 bits per heavy atom. The van der Waals surface area contributed by atoms with Gasteiger partial charge in [0, 0.05) is 12.1 Å². The van der Waals surface area contributed by atoms with Gasteiger partial charge in [0.05, 0.1) is 20.3 Å². The smallest absolute Gasteiger partial charge is 0.176 e. The molecule has 0 saturated carbocycles. The van der Waals surface area contributed by atoms with E-state index in [1.807, 2.05) is 13.0 Å². The Kier molecular flexibility index (Phi) is 4.95. The fraction of sp³-hybridized carbons (Fsp3) is 0.417. The molecule has 0 aliphatic heterocycles. The van der Waals surface area contributed by atoms with Gasteiger partial charge < -0.3 is 15.2 Å². The number of hydrogen-bond acceptors (Lipinski definition) is 4. The highest BCUT2D eigenvalue weighted by atomic mass is 16.5. The van der Waals surface area contributed by atoms with Gasteiger partial charge in [-0.3, -0.25) is 4.79 Å². The van der Waals surface area contributed by atoms with Gasteiger partial charge in [0.2, 0.25) is 0 Å². The van der Waals surface area contributed by atoms with Crippen LogP contribution in [0.15, 0.2) is 18.2 Å². The van der Waals surface area contributed by atoms with Crippen LogP contribution in [-0.2, 0) is 0 Å². The number of rotatable bonds is 6. The molecule has 2 N–H and O–H groups in total. The van der Waals surface area contributed by atoms with Crippen LogP contribution >= 0.6 is 0 Å². The molecule has 1 aromatic rings. The minimum Gasteiger partial charge on any atom is -0.496 e. The number of ketones is 1. The van der Waals surface area contributed by atoms with Crippen molar-refractivity contribution in [3.8, 4) is 5.75 Å². The van der Waals surface area contributed by atoms with E-state index in [-0.39, 0.29) is 18.9 Å². The second kappa shape index (κ2) is 6.25. The maximum atomic E-state index is 11.7. The van der Waals surface area contributed by atoms with Gasteiger partial charge in [0.15, 0.2) is 5.78 Å². The zero-order chi connectivity index (χ0) is 12.0. The van der Waals surface area contributed by atoms with Gasteiger partial charge in [0.25, 0.3) is 0 Å². The van der Waals surface area contributed by atoms with Crippen LogP contribution in [0.3, 0.4) is 0 Å². The van der Waals surface area contributed by atoms with Gasteiger partial charge in [0.1, 0.15) is 5.75 Å². The fourth-order valence-corrected chi connectivity index (χ4v) is 1.43. The van der Waals surface area contributed by atoms with Gasteiger partial charge in [-0.1, -0.05) is 0 Å². The normalized spacial score (nSPS) is 10.2. The van der Waals surface area contributed by atoms with Crippen molar-refractivity contribution in [1.82, 2.24) is 5.32 Å². The van der Waals surface area contributed by atoms with E-state index in [1.165, 1.54) is 0 Å². The average Bonchev–Trinajstić information content (AvgIpc) is 2.29. The number of methoxy groups -OCH3 is 1. The molecule has 0 aliphatic rings. The maximum Gasteiger partial charge on any atom is 0.176 e. The number of benzene rings is 1. The van der Waals surface area contributed by atoms with Gasteiger partial charge in [-0.05, 0) is 30.7 Å². The lowest BCUT2D eigenvalue weighted by Crippen LogP contribution is -2.25. The molecule has 0 radical (unpaired) electrons. The third-order valence-electron chi connectivity index (χ3n) is 2.29. The Hall–Kier alpha value is -1.39. The highest BCUT2D eigenvalue weighted by Gasteiger charge is 2.07. The zero-order valence-corrected chi connectivity index (χ0v) is 9.62. The molecule has 0 heterocycles. The zero-order valence-electron chi connectivity index (χ0n) is 9.62. The van der Waals surface area contributed by atoms with Crippen LogP contribution in [0.4, 0.5) is 0 Å². The molecule has 0 saturated heterocycles. The van der Waals surface area contributed by atoms with Crippen LogP contribution in [0.2, 0.25) is 0 Å². The monoisotopic (exact) mass is 223 g/mol. The van der Waals surface area contributed by atoms with Crippen molar-refractivity contribution in [1.29, 1.82) is 0 Å². The summed E-state index contributed by atoms with van der Waals surface area (Å²) in [5.41, 5.74) is 1.60. The Morgan fingerprint density at radius 1 is 1.50 bits per heavy atom. The highest BCUT2D eigenvalue weighted by Crippen LogP contribution is 2.18. The number of hydrogen-bond donors (Lipinski definition) is 2. The van der Waals surface area contributed by atoms with E-state index in [0.717, 1.165) is 11.3 Å². The second-order valence-electron chi connectivity index (χ2n) is 3.51. The summed E-state index contributed by atoms with van der Waals surface area (Å²) >= 11 is 0. The Bertz CT molecular complexity index is 363. The van der Waals surface area contributed by atoms with Crippen LogP contribution in [-0.4, -0.2) is 37.7 Å². The van der Waals surface area contributed by atoms with Crippen molar-refractivity contribution in [2.24, 2.45) is 0 Å². The number of aliphatic hydroxyl groups excluding tert-OH is 1. The van der Waals surface area contributed by atoms with E-state index >= 15 is 0 Å². The van der Waals surface area contributed by atoms with Gasteiger partial charge >= 0.3 is 0 Å². The molecular weight excluding hydrogens is 206 g/mol. The molecule has 88 valence electrons. The lowest BCUT2D eigenvalue weighted by atomic mass is 10.1. The Labute approximate surface area is 95.2 Å². The van der Waals surface area contributed by atoms with Crippen molar-refractivity contribution in [2.75, 3.05) is 26.8 Å². The molecule has 0 spiro atoms. The third kappa shape index (κ3) is 3.32. The maximum absolute atomic E-state index is 11.7. The number of aryl methyl sites for hydroxylation is 1. The van der Waals surface area contributed by atoms with Crippen LogP contribution in [0.25, 0.3) is 0 Å². The first-order chi connectivity index (χ1) is 7.69. The molecule has 4 nitrogen and oxygen atoms in total. The van der Waals surface area contributed by atoms with Crippen molar-refractivity contribution >= 4 is 5.78 Å². The fourth-order valence-electron chi connectivity index (χ4n) is 1.43. The van der Waals surface area contributed by atoms with Gasteiger partial charge in [-0.15, -0.1) is 0 Å². The molecule has 4 heteroatoms. The average molecular weight is 223 g/mol. The van der Waals surface area contributed by atoms with Gasteiger partial charge in [-0.25, -0.2) is 0 Å². The summed E-state index contributed by atoms with van der Waals surface area (Å²) in [6, 6.07) is 5.34. The van der Waals surface area contributed by atoms with Crippen LogP contribution in [0.5, 0.6) is 5.75 Å². The number of aliphatic hydroxyl groups is 1. The summed E-state index contributed by atoms with van der Waals surface area (Å²) in [6.07, 6.45) is 0. The predicted octanol–water partition coefficient (Wildman–Crippen LogP) is 0.768. The number of carbonyl (C=O) groups excluding carboxylic acids is 1. The Morgan fingerprint density at radius 3 is 2.81 bits per heavy atom. The topological polar surface area (TPSA) is 58.6 Å². The summed E-state index contributed by atoms with van der Waals surface area (Å²) in [4.78, 5) is 11.7. The summed E-state index contributed by atoms with van der Waals surface area (Å²) in [6.45, 7) is 2.61. The summed E-state index contributed by atoms with van der Waals surface area (Å²) in [5.74, 6) is 0.791. The predicted molar refractivity (Wildman–Crippen MR) is 62.0 cm³/mol. The first kappa shape index (κ1) is 12.7. The van der Waals surface area contributed by atoms with Crippen molar-refractivity contribution in [3.63, 3.8) is 0 Å². The molecule has 16 heavy (non-hydrogen) atoms. The van der Waals surface area contributed by atoms with Crippen LogP contribution in [0, 0.1) is 6.92 Å². The molecule has 1 aromatic carbocycles. The minimum atomic E-state index is 0.0132. The molecule has 0 amide bonds. The molecular formula is C12H17NO3. The summed E-state index contributed by atoms with van der Waals surface area (Å²) in [5, 5.41) is 11.4. The van der Waals surface area contributed by atoms with Crippen LogP contribution in [0.1, 0.15) is 15.9 Å². The molecule has 0 unspecified atom stereocenters. The first-order valence-corrected chi connectivity index (χ1v) is 5.18. The van der Waals surface area contributed by atoms with Crippen molar-refractivity contribution < 1.29 is 14.6 Å². The third-order valence-corrected chi connectivity index (χ3v) is 2.29. The Balaban J connectivity index is 2.66. The number of ether oxygens (including phenoxy) is 1. The van der Waals surface area contributed by atoms with Crippen LogP contribution < -0.4 is 10.1 Å². The number of Topliss-reactive ketones (excluding diaryl/α,β-unsaturated/α-hetero) is 1. The lowest BCUT2D eigenvalue weighted by Gasteiger charge is -2.07. The van der Waals surface area contributed by atoms with E-state index in [9.17, 15) is 4.79 Å². The van der Waals surface area contributed by atoms with Gasteiger partial charge in [-0.2, -0.15) is 0 Å². The molecule has 1 rings (SSSR count). The summed E-state index contributed by atoms with van der Waals surface area (Å²) < 4.78 is 5.12. The van der Waals surface area contributed by atoms with E-state index < -0.39 is 0 Å². The molecule has 0 fully saturated rings. The largest absolute Gasteiger partial charge is 0.496 e. The number of nitrogens with one attached hydrogen (secondary N) is 1. The number of carbonyl (C=O) groups is 1. The molecule has 0 aromatic heterocycles. The SMILES string of the molecule is COc1ccc(C(=O)CNCCO)cc1C. The molecule has 0 atom stereocenters. The molecule has 0 bridgehead atoms. The van der Waals surface area contributed by atoms with E-state index in [4.69, 9.17) is 9.84 Å². The standard InChI is InChI=1S/C12H17NO3/c1-9-7-10(3-4-12(9)16-2)11(15)8-13-5-6-14/h3-4,7,13-14H,5-6,8H2,1-2H3. The highest BCUT2D eigenvalue weighted by molar-refractivity contribution is 5.97. The first-order valence-electron chi connectivity index (χ1n) is 5.18. The van der Waals surface area contributed by atoms with E-state index in [0.29, 0.717) is 12.1 Å². The van der Waals surface area contributed by atoms with E-state index in [2.05, 4.69) is 5.32 Å². The minimum absolute atomic E-state index is 0.0132. The van der Waals surface area contributed by atoms with Crippen molar-refractivity contribution in [2.45, 2.75) is 6.92 Å². The van der Waals surface area contributed by atoms with Crippen molar-refractivity contribution in [3.05, 3.63) is 29.3 Å². The quantitative estimate of drug-likeness (QED) is 0.552. The summed E-state index contributed by atoms with van der Waals surface area (Å²) in [7, 11) is 1.60. The second-order valence-corrected chi connectivity index (χ2v) is 3.51. The molecule has 0 aliphatic carbocycles. The lowest BCUT2D eigenvalue weighted by molar-refractivity contribution is 0.0989. The van der Waals surface area contributed by atoms with E-state index in [1.54, 1.807) is 19.2 Å².